The summed E-state index contributed by atoms with van der Waals surface area (Å²) in [5.74, 6) is 0.216. The highest BCUT2D eigenvalue weighted by atomic mass is 32.2. The van der Waals surface area contributed by atoms with Gasteiger partial charge in [-0.3, -0.25) is 14.6 Å². The minimum atomic E-state index is -0.411. The molecule has 3 aromatic rings. The number of ether oxygens (including phenoxy) is 2. The van der Waals surface area contributed by atoms with E-state index in [-0.39, 0.29) is 17.9 Å². The Morgan fingerprint density at radius 2 is 1.78 bits per heavy atom. The lowest BCUT2D eigenvalue weighted by Gasteiger charge is -2.17. The van der Waals surface area contributed by atoms with Crippen LogP contribution in [-0.4, -0.2) is 29.2 Å². The third-order valence-corrected chi connectivity index (χ3v) is 5.98. The number of carbonyl (C=O) groups is 2. The smallest absolute Gasteiger partial charge is 0.318 e. The summed E-state index contributed by atoms with van der Waals surface area (Å²) < 4.78 is 10.6. The van der Waals surface area contributed by atoms with E-state index in [4.69, 9.17) is 9.47 Å². The summed E-state index contributed by atoms with van der Waals surface area (Å²) in [5.41, 5.74) is 2.48. The number of hydrogen-bond donors (Lipinski definition) is 1. The van der Waals surface area contributed by atoms with Crippen LogP contribution in [0.15, 0.2) is 78.0 Å². The zero-order valence-corrected chi connectivity index (χ0v) is 19.1. The average molecular weight is 451 g/mol. The van der Waals surface area contributed by atoms with E-state index in [0.29, 0.717) is 12.2 Å². The Labute approximate surface area is 192 Å². The molecule has 2 unspecified atom stereocenters. The van der Waals surface area contributed by atoms with Crippen molar-refractivity contribution in [2.24, 2.45) is 0 Å². The Hall–Kier alpha value is -3.32. The van der Waals surface area contributed by atoms with Gasteiger partial charge in [-0.05, 0) is 49.7 Å². The van der Waals surface area contributed by atoms with Gasteiger partial charge in [-0.2, -0.15) is 0 Å². The summed E-state index contributed by atoms with van der Waals surface area (Å²) in [4.78, 5) is 29.5. The van der Waals surface area contributed by atoms with Crippen molar-refractivity contribution in [1.29, 1.82) is 0 Å². The maximum atomic E-state index is 12.9. The van der Waals surface area contributed by atoms with Crippen LogP contribution >= 0.6 is 11.8 Å². The molecule has 166 valence electrons. The van der Waals surface area contributed by atoms with Gasteiger partial charge in [0.15, 0.2) is 0 Å². The molecule has 0 aliphatic rings. The number of rotatable bonds is 9. The van der Waals surface area contributed by atoms with Crippen LogP contribution in [0.4, 0.5) is 0 Å². The van der Waals surface area contributed by atoms with Gasteiger partial charge in [-0.15, -0.1) is 11.8 Å². The van der Waals surface area contributed by atoms with Crippen molar-refractivity contribution in [2.75, 3.05) is 7.11 Å². The highest BCUT2D eigenvalue weighted by Crippen LogP contribution is 2.28. The quantitative estimate of drug-likeness (QED) is 0.373. The van der Waals surface area contributed by atoms with E-state index < -0.39 is 5.25 Å². The molecule has 0 spiro atoms. The normalized spacial score (nSPS) is 12.5. The predicted molar refractivity (Wildman–Crippen MR) is 125 cm³/mol. The van der Waals surface area contributed by atoms with E-state index in [9.17, 15) is 9.59 Å². The predicted octanol–water partition coefficient (Wildman–Crippen LogP) is 4.81. The van der Waals surface area contributed by atoms with Crippen LogP contribution in [0.3, 0.4) is 0 Å². The van der Waals surface area contributed by atoms with Gasteiger partial charge >= 0.3 is 5.97 Å². The second-order valence-corrected chi connectivity index (χ2v) is 8.58. The lowest BCUT2D eigenvalue weighted by molar-refractivity contribution is -0.139. The SMILES string of the molecule is COC(=O)C(C)Sc1ccccc1C(=O)NC(C)c1ccc(OCc2cccnc2)cc1. The molecule has 2 atom stereocenters. The monoisotopic (exact) mass is 450 g/mol. The van der Waals surface area contributed by atoms with E-state index in [0.717, 1.165) is 21.8 Å². The fraction of sp³-hybridized carbons (Fsp3) is 0.240. The fourth-order valence-corrected chi connectivity index (χ4v) is 4.04. The standard InChI is InChI=1S/C25H26N2O4S/c1-17(20-10-12-21(13-11-20)31-16-19-7-6-14-26-15-19)27-24(28)22-8-4-5-9-23(22)32-18(2)25(29)30-3/h4-15,17-18H,16H2,1-3H3,(H,27,28). The van der Waals surface area contributed by atoms with Crippen LogP contribution in [-0.2, 0) is 16.1 Å². The summed E-state index contributed by atoms with van der Waals surface area (Å²) in [6.07, 6.45) is 3.50. The molecular formula is C25H26N2O4S. The molecule has 6 nitrogen and oxygen atoms in total. The number of nitrogens with zero attached hydrogens (tertiary/aromatic N) is 1. The molecule has 0 radical (unpaired) electrons. The largest absolute Gasteiger partial charge is 0.489 e. The fourth-order valence-electron chi connectivity index (χ4n) is 3.02. The summed E-state index contributed by atoms with van der Waals surface area (Å²) >= 11 is 1.30. The molecule has 0 fully saturated rings. The molecule has 0 aliphatic heterocycles. The van der Waals surface area contributed by atoms with E-state index in [1.807, 2.05) is 55.5 Å². The minimum Gasteiger partial charge on any atom is -0.489 e. The Kier molecular flexibility index (Phi) is 8.27. The van der Waals surface area contributed by atoms with Crippen LogP contribution in [0.1, 0.15) is 41.4 Å². The molecule has 0 aliphatic carbocycles. The van der Waals surface area contributed by atoms with Crippen LogP contribution in [0, 0.1) is 0 Å². The molecule has 7 heteroatoms. The van der Waals surface area contributed by atoms with Gasteiger partial charge in [0.2, 0.25) is 0 Å². The molecule has 0 bridgehead atoms. The zero-order valence-electron chi connectivity index (χ0n) is 18.3. The molecule has 1 heterocycles. The van der Waals surface area contributed by atoms with Gasteiger partial charge in [-0.25, -0.2) is 0 Å². The molecule has 2 aromatic carbocycles. The number of benzene rings is 2. The Bertz CT molecular complexity index is 1040. The van der Waals surface area contributed by atoms with Crippen molar-refractivity contribution < 1.29 is 19.1 Å². The number of pyridine rings is 1. The minimum absolute atomic E-state index is 0.199. The van der Waals surface area contributed by atoms with Crippen molar-refractivity contribution in [3.8, 4) is 5.75 Å². The highest BCUT2D eigenvalue weighted by molar-refractivity contribution is 8.00. The van der Waals surface area contributed by atoms with E-state index in [1.165, 1.54) is 18.9 Å². The van der Waals surface area contributed by atoms with Crippen LogP contribution in [0.2, 0.25) is 0 Å². The van der Waals surface area contributed by atoms with Gasteiger partial charge in [0, 0.05) is 22.9 Å². The summed E-state index contributed by atoms with van der Waals surface area (Å²) in [5, 5.41) is 2.62. The van der Waals surface area contributed by atoms with Crippen LogP contribution in [0.5, 0.6) is 5.75 Å². The number of esters is 1. The number of thioether (sulfide) groups is 1. The van der Waals surface area contributed by atoms with Gasteiger partial charge in [-0.1, -0.05) is 30.3 Å². The molecule has 1 amide bonds. The van der Waals surface area contributed by atoms with Gasteiger partial charge < -0.3 is 14.8 Å². The van der Waals surface area contributed by atoms with Crippen molar-refractivity contribution in [3.63, 3.8) is 0 Å². The number of amides is 1. The van der Waals surface area contributed by atoms with Crippen LogP contribution < -0.4 is 10.1 Å². The van der Waals surface area contributed by atoms with E-state index >= 15 is 0 Å². The lowest BCUT2D eigenvalue weighted by atomic mass is 10.1. The van der Waals surface area contributed by atoms with Crippen LogP contribution in [0.25, 0.3) is 0 Å². The summed E-state index contributed by atoms with van der Waals surface area (Å²) in [6.45, 7) is 4.12. The first-order valence-electron chi connectivity index (χ1n) is 10.2. The first kappa shape index (κ1) is 23.3. The number of nitrogens with one attached hydrogen (secondary N) is 1. The first-order valence-corrected chi connectivity index (χ1v) is 11.1. The third-order valence-electron chi connectivity index (χ3n) is 4.82. The highest BCUT2D eigenvalue weighted by Gasteiger charge is 2.20. The van der Waals surface area contributed by atoms with Gasteiger partial charge in [0.25, 0.3) is 5.91 Å². The number of carbonyl (C=O) groups excluding carboxylic acids is 2. The number of hydrogen-bond acceptors (Lipinski definition) is 6. The molecule has 1 aromatic heterocycles. The van der Waals surface area contributed by atoms with Crippen molar-refractivity contribution in [1.82, 2.24) is 10.3 Å². The van der Waals surface area contributed by atoms with Gasteiger partial charge in [0.05, 0.1) is 18.7 Å². The second kappa shape index (κ2) is 11.3. The summed E-state index contributed by atoms with van der Waals surface area (Å²) in [6, 6.07) is 18.5. The lowest BCUT2D eigenvalue weighted by Crippen LogP contribution is -2.27. The third kappa shape index (κ3) is 6.34. The molecule has 32 heavy (non-hydrogen) atoms. The zero-order chi connectivity index (χ0) is 22.9. The number of aromatic nitrogens is 1. The van der Waals surface area contributed by atoms with E-state index in [2.05, 4.69) is 10.3 Å². The maximum absolute atomic E-state index is 12.9. The van der Waals surface area contributed by atoms with Gasteiger partial charge in [0.1, 0.15) is 17.6 Å². The second-order valence-electron chi connectivity index (χ2n) is 7.19. The Morgan fingerprint density at radius 3 is 2.47 bits per heavy atom. The molecule has 0 saturated carbocycles. The topological polar surface area (TPSA) is 77.5 Å². The molecule has 3 rings (SSSR count). The summed E-state index contributed by atoms with van der Waals surface area (Å²) in [7, 11) is 1.36. The Morgan fingerprint density at radius 1 is 1.03 bits per heavy atom. The first-order chi connectivity index (χ1) is 15.5. The van der Waals surface area contributed by atoms with Crippen molar-refractivity contribution >= 4 is 23.6 Å². The maximum Gasteiger partial charge on any atom is 0.318 e. The molecule has 0 saturated heterocycles. The molecule has 1 N–H and O–H groups in total. The average Bonchev–Trinajstić information content (AvgIpc) is 2.83. The molecular weight excluding hydrogens is 424 g/mol. The van der Waals surface area contributed by atoms with E-state index in [1.54, 1.807) is 31.5 Å². The van der Waals surface area contributed by atoms with Crippen molar-refractivity contribution in [3.05, 3.63) is 89.7 Å². The number of methoxy groups -OCH3 is 1. The Balaban J connectivity index is 1.61. The van der Waals surface area contributed by atoms with Crippen molar-refractivity contribution in [2.45, 2.75) is 36.6 Å².